The lowest BCUT2D eigenvalue weighted by atomic mass is 10.3. The van der Waals surface area contributed by atoms with Crippen molar-refractivity contribution in [3.63, 3.8) is 0 Å². The molecule has 0 saturated carbocycles. The molecule has 0 spiro atoms. The van der Waals surface area contributed by atoms with Gasteiger partial charge in [-0.1, -0.05) is 28.1 Å². The lowest BCUT2D eigenvalue weighted by Crippen LogP contribution is -1.86. The summed E-state index contributed by atoms with van der Waals surface area (Å²) in [6.07, 6.45) is 0. The summed E-state index contributed by atoms with van der Waals surface area (Å²) in [6, 6.07) is 8.71. The van der Waals surface area contributed by atoms with Gasteiger partial charge in [-0.25, -0.2) is 0 Å². The molecule has 0 saturated heterocycles. The van der Waals surface area contributed by atoms with E-state index in [9.17, 15) is 4.39 Å². The highest BCUT2D eigenvalue weighted by molar-refractivity contribution is 9.11. The van der Waals surface area contributed by atoms with E-state index in [-0.39, 0.29) is 0 Å². The molecule has 1 radical (unpaired) electrons. The Balaban J connectivity index is 2.65. The predicted molar refractivity (Wildman–Crippen MR) is 44.0 cm³/mol. The number of benzene rings is 1. The van der Waals surface area contributed by atoms with Crippen LogP contribution in [0, 0.1) is 6.07 Å². The van der Waals surface area contributed by atoms with Crippen LogP contribution in [0.4, 0.5) is 4.39 Å². The maximum Gasteiger partial charge on any atom is 0.285 e. The molecule has 0 atom stereocenters. The molecule has 0 aliphatic rings. The topological polar surface area (TPSA) is 9.23 Å². The predicted octanol–water partition coefficient (Wildman–Crippen LogP) is 3.03. The fourth-order valence-corrected chi connectivity index (χ4v) is 0.669. The van der Waals surface area contributed by atoms with Gasteiger partial charge in [0.15, 0.2) is 0 Å². The molecule has 1 aromatic carbocycles. The van der Waals surface area contributed by atoms with Crippen molar-refractivity contribution in [2.75, 3.05) is 0 Å². The molecule has 0 aliphatic heterocycles. The molecule has 0 heterocycles. The molecule has 3 heteroatoms. The fourth-order valence-electron chi connectivity index (χ4n) is 0.575. The molecule has 11 heavy (non-hydrogen) atoms. The normalized spacial score (nSPS) is 11.3. The highest BCUT2D eigenvalue weighted by Crippen LogP contribution is 2.13. The van der Waals surface area contributed by atoms with Crippen LogP contribution < -0.4 is 4.74 Å². The van der Waals surface area contributed by atoms with Crippen LogP contribution in [0.2, 0.25) is 0 Å². The molecular weight excluding hydrogens is 211 g/mol. The number of ether oxygens (including phenoxy) is 1. The Morgan fingerprint density at radius 2 is 2.55 bits per heavy atom. The van der Waals surface area contributed by atoms with Crippen molar-refractivity contribution in [1.29, 1.82) is 0 Å². The minimum atomic E-state index is -0.676. The molecule has 57 valence electrons. The summed E-state index contributed by atoms with van der Waals surface area (Å²) < 4.78 is 17.1. The third-order valence-electron chi connectivity index (χ3n) is 0.980. The maximum absolute atomic E-state index is 12.4. The van der Waals surface area contributed by atoms with Gasteiger partial charge in [-0.05, 0) is 18.2 Å². The first-order chi connectivity index (χ1) is 5.33. The van der Waals surface area contributed by atoms with Crippen molar-refractivity contribution in [3.8, 4) is 5.75 Å². The lowest BCUT2D eigenvalue weighted by Gasteiger charge is -1.99. The van der Waals surface area contributed by atoms with E-state index in [2.05, 4.69) is 26.7 Å². The average molecular weight is 216 g/mol. The number of halogens is 2. The third kappa shape index (κ3) is 2.72. The summed E-state index contributed by atoms with van der Waals surface area (Å²) in [6.45, 7) is 0. The Labute approximate surface area is 72.6 Å². The number of hydrogen-bond acceptors (Lipinski definition) is 1. The van der Waals surface area contributed by atoms with Crippen molar-refractivity contribution in [2.45, 2.75) is 0 Å². The van der Waals surface area contributed by atoms with Crippen LogP contribution in [0.25, 0.3) is 0 Å². The van der Waals surface area contributed by atoms with Crippen molar-refractivity contribution in [3.05, 3.63) is 41.3 Å². The van der Waals surface area contributed by atoms with E-state index in [0.717, 1.165) is 4.99 Å². The second kappa shape index (κ2) is 4.13. The zero-order valence-electron chi connectivity index (χ0n) is 5.55. The van der Waals surface area contributed by atoms with E-state index in [4.69, 9.17) is 0 Å². The van der Waals surface area contributed by atoms with Gasteiger partial charge in [0, 0.05) is 0 Å². The second-order valence-electron chi connectivity index (χ2n) is 1.75. The van der Waals surface area contributed by atoms with Crippen molar-refractivity contribution < 1.29 is 9.13 Å². The van der Waals surface area contributed by atoms with Crippen molar-refractivity contribution in [2.24, 2.45) is 0 Å². The maximum atomic E-state index is 12.4. The molecule has 0 aromatic heterocycles. The molecule has 1 rings (SSSR count). The zero-order chi connectivity index (χ0) is 8.10. The summed E-state index contributed by atoms with van der Waals surface area (Å²) in [5, 5.41) is 0. The minimum absolute atomic E-state index is 0.431. The quantitative estimate of drug-likeness (QED) is 0.690. The third-order valence-corrected chi connectivity index (χ3v) is 1.34. The van der Waals surface area contributed by atoms with Gasteiger partial charge in [0.2, 0.25) is 0 Å². The van der Waals surface area contributed by atoms with E-state index >= 15 is 0 Å². The van der Waals surface area contributed by atoms with Crippen LogP contribution in [0.15, 0.2) is 35.3 Å². The Morgan fingerprint density at radius 1 is 1.73 bits per heavy atom. The summed E-state index contributed by atoms with van der Waals surface area (Å²) >= 11 is 2.80. The highest BCUT2D eigenvalue weighted by Gasteiger charge is 1.94. The van der Waals surface area contributed by atoms with Crippen molar-refractivity contribution in [1.82, 2.24) is 0 Å². The average Bonchev–Trinajstić information content (AvgIpc) is 2.06. The fraction of sp³-hybridized carbons (Fsp3) is 0. The molecule has 0 aliphatic carbocycles. The van der Waals surface area contributed by atoms with Crippen LogP contribution in [0.5, 0.6) is 5.75 Å². The molecular formula is C8H5BrFO. The van der Waals surface area contributed by atoms with Crippen LogP contribution in [-0.2, 0) is 0 Å². The zero-order valence-corrected chi connectivity index (χ0v) is 7.14. The molecule has 0 fully saturated rings. The smallest absolute Gasteiger partial charge is 0.285 e. The van der Waals surface area contributed by atoms with Crippen LogP contribution in [0.1, 0.15) is 0 Å². The van der Waals surface area contributed by atoms with E-state index in [1.165, 1.54) is 0 Å². The standard InChI is InChI=1S/C8H5BrFO/c9-6-8(10)11-7-4-2-1-3-5-7/h1-2,4-6H/b8-6+. The highest BCUT2D eigenvalue weighted by atomic mass is 79.9. The Morgan fingerprint density at radius 3 is 3.09 bits per heavy atom. The Bertz CT molecular complexity index is 246. The largest absolute Gasteiger partial charge is 0.431 e. The summed E-state index contributed by atoms with van der Waals surface area (Å²) in [5.74, 6) is 0.431. The van der Waals surface area contributed by atoms with Gasteiger partial charge in [0.1, 0.15) is 5.75 Å². The first kappa shape index (κ1) is 8.27. The molecule has 0 amide bonds. The molecule has 1 aromatic rings. The van der Waals surface area contributed by atoms with E-state index in [1.807, 2.05) is 0 Å². The van der Waals surface area contributed by atoms with Gasteiger partial charge >= 0.3 is 0 Å². The first-order valence-corrected chi connectivity index (χ1v) is 3.84. The van der Waals surface area contributed by atoms with Gasteiger partial charge in [-0.3, -0.25) is 0 Å². The van der Waals surface area contributed by atoms with Crippen LogP contribution >= 0.6 is 15.9 Å². The molecule has 1 nitrogen and oxygen atoms in total. The van der Waals surface area contributed by atoms with E-state index < -0.39 is 6.01 Å². The lowest BCUT2D eigenvalue weighted by molar-refractivity contribution is 0.304. The summed E-state index contributed by atoms with van der Waals surface area (Å²) in [5.41, 5.74) is 0. The number of rotatable bonds is 2. The van der Waals surface area contributed by atoms with Gasteiger partial charge in [0.05, 0.1) is 4.99 Å². The SMILES string of the molecule is F/C(=C\Br)Oc1c[c]ccc1. The van der Waals surface area contributed by atoms with Gasteiger partial charge in [-0.15, -0.1) is 0 Å². The summed E-state index contributed by atoms with van der Waals surface area (Å²) in [4.78, 5) is 1.07. The van der Waals surface area contributed by atoms with Gasteiger partial charge in [-0.2, -0.15) is 4.39 Å². The monoisotopic (exact) mass is 215 g/mol. The second-order valence-corrected chi connectivity index (χ2v) is 2.21. The first-order valence-electron chi connectivity index (χ1n) is 2.93. The van der Waals surface area contributed by atoms with E-state index in [0.29, 0.717) is 5.75 Å². The summed E-state index contributed by atoms with van der Waals surface area (Å²) in [7, 11) is 0. The van der Waals surface area contributed by atoms with Crippen molar-refractivity contribution >= 4 is 15.9 Å². The van der Waals surface area contributed by atoms with Gasteiger partial charge < -0.3 is 4.74 Å². The molecule has 0 unspecified atom stereocenters. The molecule has 0 N–H and O–H groups in total. The Kier molecular flexibility index (Phi) is 3.11. The van der Waals surface area contributed by atoms with Crippen LogP contribution in [0.3, 0.4) is 0 Å². The van der Waals surface area contributed by atoms with Crippen LogP contribution in [-0.4, -0.2) is 0 Å². The van der Waals surface area contributed by atoms with E-state index in [1.54, 1.807) is 24.3 Å². The molecule has 0 bridgehead atoms. The number of hydrogen-bond donors (Lipinski definition) is 0. The Hall–Kier alpha value is -0.830. The minimum Gasteiger partial charge on any atom is -0.431 e. The van der Waals surface area contributed by atoms with Gasteiger partial charge in [0.25, 0.3) is 6.01 Å².